The predicted octanol–water partition coefficient (Wildman–Crippen LogP) is 5.89. The van der Waals surface area contributed by atoms with Crippen LogP contribution in [-0.4, -0.2) is 47.1 Å². The predicted molar refractivity (Wildman–Crippen MR) is 160 cm³/mol. The van der Waals surface area contributed by atoms with E-state index >= 15 is 0 Å². The molecule has 0 saturated carbocycles. The van der Waals surface area contributed by atoms with Crippen molar-refractivity contribution in [3.05, 3.63) is 90.7 Å². The molecule has 1 atom stereocenters. The van der Waals surface area contributed by atoms with Gasteiger partial charge in [-0.05, 0) is 61.2 Å². The minimum absolute atomic E-state index is 0.0259. The number of hydrogen-bond acceptors (Lipinski definition) is 9. The third-order valence-corrected chi connectivity index (χ3v) is 6.81. The molecule has 0 radical (unpaired) electrons. The number of rotatable bonds is 9. The number of aromatic nitrogens is 2. The second-order valence-corrected chi connectivity index (χ2v) is 10.2. The molecule has 0 amide bonds. The fourth-order valence-electron chi connectivity index (χ4n) is 4.44. The van der Waals surface area contributed by atoms with Gasteiger partial charge in [-0.15, -0.1) is 0 Å². The standard InChI is InChI=1S/C30H29ClN4O7/c1-16(2)22-14-23(17(3)11-26(22)40-5)28-33-24-10-8-7-9-21(24)29(36)34(28)32-15-19-12-20(31)13-25(35(38)39)27(19)42-18(4)30(37)41-6/h7-16,18H,1-6H3/t18-/m1/s1. The molecule has 0 N–H and O–H groups in total. The summed E-state index contributed by atoms with van der Waals surface area (Å²) in [5.41, 5.74) is 1.93. The number of methoxy groups -OCH3 is 2. The second kappa shape index (κ2) is 12.4. The first kappa shape index (κ1) is 30.2. The van der Waals surface area contributed by atoms with Crippen LogP contribution in [0.15, 0.2) is 58.4 Å². The number of ether oxygens (including phenoxy) is 3. The van der Waals surface area contributed by atoms with Crippen molar-refractivity contribution in [3.8, 4) is 22.9 Å². The Balaban J connectivity index is 1.99. The van der Waals surface area contributed by atoms with Crippen LogP contribution in [0, 0.1) is 17.0 Å². The number of nitro groups is 1. The molecule has 12 heteroatoms. The van der Waals surface area contributed by atoms with Crippen LogP contribution in [0.25, 0.3) is 22.3 Å². The van der Waals surface area contributed by atoms with Gasteiger partial charge in [0.25, 0.3) is 5.56 Å². The Hall–Kier alpha value is -4.77. The molecule has 1 aromatic heterocycles. The Kier molecular flexibility index (Phi) is 8.91. The van der Waals surface area contributed by atoms with Crippen molar-refractivity contribution in [2.45, 2.75) is 39.7 Å². The molecule has 0 aliphatic rings. The van der Waals surface area contributed by atoms with Crippen LogP contribution in [-0.2, 0) is 9.53 Å². The number of nitrogens with zero attached hydrogens (tertiary/aromatic N) is 4. The quantitative estimate of drug-likeness (QED) is 0.102. The lowest BCUT2D eigenvalue weighted by molar-refractivity contribution is -0.386. The summed E-state index contributed by atoms with van der Waals surface area (Å²) in [7, 11) is 2.77. The van der Waals surface area contributed by atoms with Crippen molar-refractivity contribution >= 4 is 40.4 Å². The third kappa shape index (κ3) is 5.96. The fraction of sp³-hybridized carbons (Fsp3) is 0.267. The molecule has 218 valence electrons. The molecule has 11 nitrogen and oxygen atoms in total. The van der Waals surface area contributed by atoms with E-state index in [-0.39, 0.29) is 28.1 Å². The number of hydrogen-bond donors (Lipinski definition) is 0. The van der Waals surface area contributed by atoms with E-state index in [1.54, 1.807) is 31.4 Å². The lowest BCUT2D eigenvalue weighted by Crippen LogP contribution is -2.26. The van der Waals surface area contributed by atoms with Gasteiger partial charge < -0.3 is 14.2 Å². The molecule has 1 heterocycles. The van der Waals surface area contributed by atoms with Crippen LogP contribution in [0.1, 0.15) is 43.4 Å². The number of carbonyl (C=O) groups is 1. The summed E-state index contributed by atoms with van der Waals surface area (Å²) in [5.74, 6) is 0.0514. The number of aryl methyl sites for hydroxylation is 1. The number of nitro benzene ring substituents is 1. The molecule has 42 heavy (non-hydrogen) atoms. The van der Waals surface area contributed by atoms with Crippen molar-refractivity contribution in [3.63, 3.8) is 0 Å². The molecular formula is C30H29ClN4O7. The highest BCUT2D eigenvalue weighted by Crippen LogP contribution is 2.36. The Morgan fingerprint density at radius 2 is 1.86 bits per heavy atom. The van der Waals surface area contributed by atoms with Crippen LogP contribution in [0.3, 0.4) is 0 Å². The third-order valence-electron chi connectivity index (χ3n) is 6.59. The summed E-state index contributed by atoms with van der Waals surface area (Å²) >= 11 is 6.20. The van der Waals surface area contributed by atoms with Gasteiger partial charge in [0.15, 0.2) is 11.9 Å². The van der Waals surface area contributed by atoms with Gasteiger partial charge in [0.1, 0.15) is 5.75 Å². The molecule has 4 rings (SSSR count). The molecule has 0 saturated heterocycles. The SMILES string of the molecule is COC(=O)[C@@H](C)Oc1c(C=Nn2c(-c3cc(C(C)C)c(OC)cc3C)nc3ccccc3c2=O)cc(Cl)cc1[N+](=O)[O-]. The molecule has 0 aliphatic heterocycles. The maximum atomic E-state index is 13.8. The molecule has 0 spiro atoms. The minimum Gasteiger partial charge on any atom is -0.496 e. The van der Waals surface area contributed by atoms with Crippen LogP contribution in [0.5, 0.6) is 11.5 Å². The van der Waals surface area contributed by atoms with Crippen molar-refractivity contribution in [2.75, 3.05) is 14.2 Å². The zero-order valence-electron chi connectivity index (χ0n) is 23.9. The first-order valence-electron chi connectivity index (χ1n) is 12.9. The van der Waals surface area contributed by atoms with Gasteiger partial charge in [0, 0.05) is 22.2 Å². The van der Waals surface area contributed by atoms with Crippen molar-refractivity contribution in [1.29, 1.82) is 0 Å². The van der Waals surface area contributed by atoms with Gasteiger partial charge in [-0.2, -0.15) is 9.78 Å². The van der Waals surface area contributed by atoms with Gasteiger partial charge in [0.05, 0.1) is 36.3 Å². The summed E-state index contributed by atoms with van der Waals surface area (Å²) in [6.45, 7) is 7.31. The molecule has 0 aliphatic carbocycles. The van der Waals surface area contributed by atoms with E-state index in [0.717, 1.165) is 21.9 Å². The average Bonchev–Trinajstić information content (AvgIpc) is 2.96. The highest BCUT2D eigenvalue weighted by molar-refractivity contribution is 6.31. The molecule has 0 fully saturated rings. The van der Waals surface area contributed by atoms with Gasteiger partial charge in [-0.3, -0.25) is 14.9 Å². The normalized spacial score (nSPS) is 12.1. The van der Waals surface area contributed by atoms with Gasteiger partial charge in [0.2, 0.25) is 5.75 Å². The van der Waals surface area contributed by atoms with Gasteiger partial charge >= 0.3 is 11.7 Å². The summed E-state index contributed by atoms with van der Waals surface area (Å²) in [5, 5.41) is 16.7. The first-order valence-corrected chi connectivity index (χ1v) is 13.3. The zero-order valence-corrected chi connectivity index (χ0v) is 24.6. The topological polar surface area (TPSA) is 135 Å². The smallest absolute Gasteiger partial charge is 0.346 e. The van der Waals surface area contributed by atoms with Crippen molar-refractivity contribution in [1.82, 2.24) is 9.66 Å². The van der Waals surface area contributed by atoms with Crippen LogP contribution < -0.4 is 15.0 Å². The number of esters is 1. The molecule has 0 bridgehead atoms. The lowest BCUT2D eigenvalue weighted by atomic mass is 9.96. The van der Waals surface area contributed by atoms with Gasteiger partial charge in [-0.1, -0.05) is 37.6 Å². The summed E-state index contributed by atoms with van der Waals surface area (Å²) in [6.07, 6.45) is 0.0287. The highest BCUT2D eigenvalue weighted by Gasteiger charge is 2.26. The molecular weight excluding hydrogens is 564 g/mol. The summed E-state index contributed by atoms with van der Waals surface area (Å²) < 4.78 is 17.1. The molecule has 4 aromatic rings. The highest BCUT2D eigenvalue weighted by atomic mass is 35.5. The number of para-hydroxylation sites is 1. The zero-order chi connectivity index (χ0) is 30.7. The van der Waals surface area contributed by atoms with E-state index in [0.29, 0.717) is 22.2 Å². The van der Waals surface area contributed by atoms with Crippen LogP contribution in [0.4, 0.5) is 5.69 Å². The number of carbonyl (C=O) groups excluding carboxylic acids is 1. The van der Waals surface area contributed by atoms with E-state index in [1.165, 1.54) is 26.3 Å². The van der Waals surface area contributed by atoms with E-state index in [2.05, 4.69) is 5.10 Å². The second-order valence-electron chi connectivity index (χ2n) is 9.76. The van der Waals surface area contributed by atoms with E-state index in [1.807, 2.05) is 32.9 Å². The van der Waals surface area contributed by atoms with E-state index in [9.17, 15) is 19.7 Å². The molecule has 0 unspecified atom stereocenters. The fourth-order valence-corrected chi connectivity index (χ4v) is 4.66. The Labute approximate surface area is 246 Å². The Morgan fingerprint density at radius 3 is 2.50 bits per heavy atom. The van der Waals surface area contributed by atoms with Crippen molar-refractivity contribution < 1.29 is 23.9 Å². The van der Waals surface area contributed by atoms with Crippen molar-refractivity contribution in [2.24, 2.45) is 5.10 Å². The van der Waals surface area contributed by atoms with Gasteiger partial charge in [-0.25, -0.2) is 9.78 Å². The molecule has 3 aromatic carbocycles. The van der Waals surface area contributed by atoms with Crippen LogP contribution in [0.2, 0.25) is 5.02 Å². The Bertz CT molecular complexity index is 1780. The van der Waals surface area contributed by atoms with E-state index in [4.69, 9.17) is 30.8 Å². The Morgan fingerprint density at radius 1 is 1.14 bits per heavy atom. The number of halogens is 1. The number of benzene rings is 3. The lowest BCUT2D eigenvalue weighted by Gasteiger charge is -2.17. The monoisotopic (exact) mass is 592 g/mol. The summed E-state index contributed by atoms with van der Waals surface area (Å²) in [6, 6.07) is 13.1. The minimum atomic E-state index is -1.18. The van der Waals surface area contributed by atoms with Crippen LogP contribution >= 0.6 is 11.6 Å². The number of fused-ring (bicyclic) bond motifs is 1. The summed E-state index contributed by atoms with van der Waals surface area (Å²) in [4.78, 5) is 41.8. The largest absolute Gasteiger partial charge is 0.496 e. The maximum Gasteiger partial charge on any atom is 0.346 e. The first-order chi connectivity index (χ1) is 20.0. The average molecular weight is 593 g/mol. The maximum absolute atomic E-state index is 13.8. The van der Waals surface area contributed by atoms with E-state index < -0.39 is 28.2 Å².